The first kappa shape index (κ1) is 9.22. The van der Waals surface area contributed by atoms with Gasteiger partial charge in [-0.15, -0.1) is 0 Å². The summed E-state index contributed by atoms with van der Waals surface area (Å²) < 4.78 is 1.16. The number of nitrogens with two attached hydrogens (primary N) is 1. The Labute approximate surface area is 87.5 Å². The van der Waals surface area contributed by atoms with Gasteiger partial charge in [-0.2, -0.15) is 0 Å². The first-order chi connectivity index (χ1) is 6.20. The second-order valence-corrected chi connectivity index (χ2v) is 4.69. The van der Waals surface area contributed by atoms with Crippen molar-refractivity contribution in [2.75, 3.05) is 0 Å². The van der Waals surface area contributed by atoms with Crippen molar-refractivity contribution in [1.82, 2.24) is 0 Å². The summed E-state index contributed by atoms with van der Waals surface area (Å²) in [7, 11) is 0. The Balaban J connectivity index is 2.36. The van der Waals surface area contributed by atoms with E-state index >= 15 is 0 Å². The third-order valence-electron chi connectivity index (χ3n) is 2.73. The van der Waals surface area contributed by atoms with Gasteiger partial charge in [0.25, 0.3) is 0 Å². The first-order valence-electron chi connectivity index (χ1n) is 4.70. The molecular formula is C11H14BrN. The van der Waals surface area contributed by atoms with E-state index in [1.54, 1.807) is 0 Å². The van der Waals surface area contributed by atoms with Crippen LogP contribution in [0.3, 0.4) is 0 Å². The van der Waals surface area contributed by atoms with Gasteiger partial charge in [0, 0.05) is 10.5 Å². The van der Waals surface area contributed by atoms with Gasteiger partial charge in [0.05, 0.1) is 0 Å². The van der Waals surface area contributed by atoms with Crippen molar-refractivity contribution in [3.8, 4) is 0 Å². The van der Waals surface area contributed by atoms with Crippen molar-refractivity contribution in [1.29, 1.82) is 0 Å². The van der Waals surface area contributed by atoms with Crippen molar-refractivity contribution in [2.24, 2.45) is 11.7 Å². The van der Waals surface area contributed by atoms with Gasteiger partial charge in [0.2, 0.25) is 0 Å². The van der Waals surface area contributed by atoms with Crippen LogP contribution in [0.25, 0.3) is 0 Å². The molecule has 2 heteroatoms. The van der Waals surface area contributed by atoms with Crippen molar-refractivity contribution >= 4 is 15.9 Å². The molecule has 1 atom stereocenters. The molecule has 0 amide bonds. The molecule has 0 bridgehead atoms. The Morgan fingerprint density at radius 3 is 2.69 bits per heavy atom. The summed E-state index contributed by atoms with van der Waals surface area (Å²) in [4.78, 5) is 0. The molecule has 1 aliphatic carbocycles. The topological polar surface area (TPSA) is 26.0 Å². The zero-order chi connectivity index (χ0) is 9.42. The Bertz CT molecular complexity index is 298. The van der Waals surface area contributed by atoms with E-state index in [1.807, 2.05) is 0 Å². The smallest absolute Gasteiger partial charge is 0.0337 e. The van der Waals surface area contributed by atoms with Crippen LogP contribution >= 0.6 is 15.9 Å². The zero-order valence-corrected chi connectivity index (χ0v) is 9.34. The van der Waals surface area contributed by atoms with Crippen LogP contribution in [0, 0.1) is 12.8 Å². The summed E-state index contributed by atoms with van der Waals surface area (Å²) in [6.45, 7) is 2.13. The van der Waals surface area contributed by atoms with E-state index in [0.29, 0.717) is 0 Å². The highest BCUT2D eigenvalue weighted by Crippen LogP contribution is 2.42. The van der Waals surface area contributed by atoms with E-state index in [9.17, 15) is 0 Å². The predicted octanol–water partition coefficient (Wildman–Crippen LogP) is 3.17. The van der Waals surface area contributed by atoms with Crippen LogP contribution in [0.5, 0.6) is 0 Å². The minimum Gasteiger partial charge on any atom is -0.324 e. The van der Waals surface area contributed by atoms with Gasteiger partial charge >= 0.3 is 0 Å². The number of hydrogen-bond donors (Lipinski definition) is 1. The number of benzene rings is 1. The van der Waals surface area contributed by atoms with Gasteiger partial charge in [-0.25, -0.2) is 0 Å². The molecule has 2 N–H and O–H groups in total. The lowest BCUT2D eigenvalue weighted by molar-refractivity contribution is 0.627. The highest BCUT2D eigenvalue weighted by atomic mass is 79.9. The van der Waals surface area contributed by atoms with Gasteiger partial charge in [0.15, 0.2) is 0 Å². The highest BCUT2D eigenvalue weighted by Gasteiger charge is 2.31. The minimum absolute atomic E-state index is 0.232. The molecule has 0 saturated heterocycles. The van der Waals surface area contributed by atoms with Crippen molar-refractivity contribution < 1.29 is 0 Å². The molecule has 1 aromatic rings. The SMILES string of the molecule is Cc1cccc(Br)c1[C@H](N)C1CC1. The number of hydrogen-bond acceptors (Lipinski definition) is 1. The van der Waals surface area contributed by atoms with Crippen LogP contribution in [0.4, 0.5) is 0 Å². The zero-order valence-electron chi connectivity index (χ0n) is 7.76. The van der Waals surface area contributed by atoms with Crippen LogP contribution in [0.15, 0.2) is 22.7 Å². The van der Waals surface area contributed by atoms with Gasteiger partial charge in [-0.1, -0.05) is 28.1 Å². The summed E-state index contributed by atoms with van der Waals surface area (Å²) in [5.41, 5.74) is 8.77. The van der Waals surface area contributed by atoms with E-state index in [0.717, 1.165) is 10.4 Å². The summed E-state index contributed by atoms with van der Waals surface area (Å²) in [5.74, 6) is 0.720. The van der Waals surface area contributed by atoms with E-state index in [4.69, 9.17) is 5.73 Å². The van der Waals surface area contributed by atoms with Gasteiger partial charge in [0.1, 0.15) is 0 Å². The average molecular weight is 240 g/mol. The third kappa shape index (κ3) is 1.79. The second kappa shape index (κ2) is 3.43. The maximum atomic E-state index is 6.17. The van der Waals surface area contributed by atoms with E-state index in [2.05, 4.69) is 41.1 Å². The Hall–Kier alpha value is -0.340. The molecule has 1 nitrogen and oxygen atoms in total. The average Bonchev–Trinajstić information content (AvgIpc) is 2.85. The van der Waals surface area contributed by atoms with Crippen LogP contribution < -0.4 is 5.73 Å². The fourth-order valence-corrected chi connectivity index (χ4v) is 2.49. The normalized spacial score (nSPS) is 18.7. The van der Waals surface area contributed by atoms with Crippen molar-refractivity contribution in [3.05, 3.63) is 33.8 Å². The van der Waals surface area contributed by atoms with Crippen LogP contribution in [-0.4, -0.2) is 0 Å². The number of aryl methyl sites for hydroxylation is 1. The Morgan fingerprint density at radius 2 is 2.15 bits per heavy atom. The monoisotopic (exact) mass is 239 g/mol. The van der Waals surface area contributed by atoms with E-state index in [-0.39, 0.29) is 6.04 Å². The van der Waals surface area contributed by atoms with Gasteiger partial charge in [-0.05, 0) is 42.9 Å². The summed E-state index contributed by atoms with van der Waals surface area (Å²) >= 11 is 3.56. The third-order valence-corrected chi connectivity index (χ3v) is 3.43. The fraction of sp³-hybridized carbons (Fsp3) is 0.455. The molecular weight excluding hydrogens is 226 g/mol. The first-order valence-corrected chi connectivity index (χ1v) is 5.50. The Kier molecular flexibility index (Phi) is 2.43. The van der Waals surface area contributed by atoms with Crippen LogP contribution in [-0.2, 0) is 0 Å². The highest BCUT2D eigenvalue weighted by molar-refractivity contribution is 9.10. The lowest BCUT2D eigenvalue weighted by Gasteiger charge is -2.15. The quantitative estimate of drug-likeness (QED) is 0.844. The maximum absolute atomic E-state index is 6.17. The minimum atomic E-state index is 0.232. The van der Waals surface area contributed by atoms with Crippen LogP contribution in [0.2, 0.25) is 0 Å². The number of halogens is 1. The summed E-state index contributed by atoms with van der Waals surface area (Å²) in [6.07, 6.45) is 2.59. The molecule has 0 radical (unpaired) electrons. The van der Waals surface area contributed by atoms with Crippen LogP contribution in [0.1, 0.15) is 30.0 Å². The van der Waals surface area contributed by atoms with Gasteiger partial charge in [-0.3, -0.25) is 0 Å². The molecule has 1 aromatic carbocycles. The van der Waals surface area contributed by atoms with E-state index in [1.165, 1.54) is 24.0 Å². The lowest BCUT2D eigenvalue weighted by Crippen LogP contribution is -2.14. The van der Waals surface area contributed by atoms with Crippen molar-refractivity contribution in [2.45, 2.75) is 25.8 Å². The van der Waals surface area contributed by atoms with E-state index < -0.39 is 0 Å². The summed E-state index contributed by atoms with van der Waals surface area (Å²) in [5, 5.41) is 0. The fourth-order valence-electron chi connectivity index (χ4n) is 1.76. The summed E-state index contributed by atoms with van der Waals surface area (Å²) in [6, 6.07) is 6.49. The molecule has 0 aliphatic heterocycles. The Morgan fingerprint density at radius 1 is 1.46 bits per heavy atom. The molecule has 0 spiro atoms. The largest absolute Gasteiger partial charge is 0.324 e. The molecule has 13 heavy (non-hydrogen) atoms. The molecule has 2 rings (SSSR count). The van der Waals surface area contributed by atoms with Gasteiger partial charge < -0.3 is 5.73 Å². The van der Waals surface area contributed by atoms with Crippen molar-refractivity contribution in [3.63, 3.8) is 0 Å². The predicted molar refractivity (Wildman–Crippen MR) is 58.5 cm³/mol. The maximum Gasteiger partial charge on any atom is 0.0337 e. The molecule has 70 valence electrons. The molecule has 0 unspecified atom stereocenters. The molecule has 1 aliphatic rings. The molecule has 1 fully saturated rings. The number of rotatable bonds is 2. The molecule has 1 saturated carbocycles. The standard InChI is InChI=1S/C11H14BrN/c1-7-3-2-4-9(12)10(7)11(13)8-5-6-8/h2-4,8,11H,5-6,13H2,1H3/t11-/m1/s1. The molecule has 0 heterocycles. The lowest BCUT2D eigenvalue weighted by atomic mass is 9.99. The molecule has 0 aromatic heterocycles. The second-order valence-electron chi connectivity index (χ2n) is 3.83.